The Kier molecular flexibility index (Phi) is 8.11. The highest BCUT2D eigenvalue weighted by Crippen LogP contribution is 2.36. The molecule has 2 N–H and O–H groups in total. The van der Waals surface area contributed by atoms with Crippen molar-refractivity contribution >= 4 is 29.1 Å². The predicted octanol–water partition coefficient (Wildman–Crippen LogP) is 3.23. The van der Waals surface area contributed by atoms with Gasteiger partial charge in [0.25, 0.3) is 0 Å². The smallest absolute Gasteiger partial charge is 0.351 e. The molecule has 1 saturated heterocycles. The second kappa shape index (κ2) is 10.8. The first kappa shape index (κ1) is 24.0. The number of benzene rings is 2. The van der Waals surface area contributed by atoms with Gasteiger partial charge in [0, 0.05) is 38.4 Å². The van der Waals surface area contributed by atoms with Gasteiger partial charge >= 0.3 is 6.18 Å². The summed E-state index contributed by atoms with van der Waals surface area (Å²) in [5.74, 6) is -0.474. The molecule has 3 rings (SSSR count). The molecule has 2 aromatic rings. The number of amides is 2. The number of piperazine rings is 1. The number of alkyl halides is 3. The molecule has 0 unspecified atom stereocenters. The Hall–Kier alpha value is -2.62. The Balaban J connectivity index is 1.40. The Morgan fingerprint density at radius 2 is 1.50 bits per heavy atom. The minimum Gasteiger partial charge on any atom is -0.351 e. The minimum absolute atomic E-state index is 0.0421. The zero-order valence-corrected chi connectivity index (χ0v) is 18.0. The van der Waals surface area contributed by atoms with Crippen LogP contribution in [-0.4, -0.2) is 60.9 Å². The van der Waals surface area contributed by atoms with Crippen LogP contribution in [0.5, 0.6) is 0 Å². The normalized spacial score (nSPS) is 15.4. The summed E-state index contributed by atoms with van der Waals surface area (Å²) in [5.41, 5.74) is 0.0799. The van der Waals surface area contributed by atoms with Gasteiger partial charge in [-0.15, -0.1) is 0 Å². The Bertz CT molecular complexity index is 933. The monoisotopic (exact) mass is 468 g/mol. The number of nitrogens with one attached hydrogen (secondary N) is 2. The number of carbonyl (C=O) groups excluding carboxylic acids is 2. The molecule has 1 aliphatic heterocycles. The average molecular weight is 469 g/mol. The van der Waals surface area contributed by atoms with E-state index in [0.29, 0.717) is 32.7 Å². The highest BCUT2D eigenvalue weighted by atomic mass is 35.5. The van der Waals surface area contributed by atoms with Gasteiger partial charge in [0.05, 0.1) is 23.7 Å². The van der Waals surface area contributed by atoms with Crippen LogP contribution < -0.4 is 10.6 Å². The van der Waals surface area contributed by atoms with E-state index in [9.17, 15) is 22.8 Å². The van der Waals surface area contributed by atoms with Crippen LogP contribution in [0.1, 0.15) is 11.1 Å². The largest absolute Gasteiger partial charge is 0.417 e. The summed E-state index contributed by atoms with van der Waals surface area (Å²) in [6.45, 7) is 3.19. The van der Waals surface area contributed by atoms with E-state index < -0.39 is 22.7 Å². The van der Waals surface area contributed by atoms with Crippen molar-refractivity contribution in [1.29, 1.82) is 0 Å². The molecule has 2 amide bonds. The van der Waals surface area contributed by atoms with Gasteiger partial charge in [-0.2, -0.15) is 13.2 Å². The minimum atomic E-state index is -4.60. The molecular formula is C22H24ClF3N4O2. The molecule has 0 aromatic heterocycles. The van der Waals surface area contributed by atoms with Gasteiger partial charge in [-0.05, 0) is 23.8 Å². The van der Waals surface area contributed by atoms with Gasteiger partial charge in [0.15, 0.2) is 0 Å². The third kappa shape index (κ3) is 7.22. The first-order valence-electron chi connectivity index (χ1n) is 10.1. The van der Waals surface area contributed by atoms with Gasteiger partial charge in [0.1, 0.15) is 0 Å². The van der Waals surface area contributed by atoms with Gasteiger partial charge in [-0.3, -0.25) is 19.4 Å². The van der Waals surface area contributed by atoms with E-state index in [1.165, 1.54) is 6.07 Å². The van der Waals surface area contributed by atoms with Crippen LogP contribution in [0.25, 0.3) is 0 Å². The van der Waals surface area contributed by atoms with Crippen molar-refractivity contribution in [2.24, 2.45) is 0 Å². The fraction of sp³-hybridized carbons (Fsp3) is 0.364. The van der Waals surface area contributed by atoms with Crippen LogP contribution >= 0.6 is 11.6 Å². The quantitative estimate of drug-likeness (QED) is 0.655. The van der Waals surface area contributed by atoms with Crippen molar-refractivity contribution in [3.8, 4) is 0 Å². The third-order valence-corrected chi connectivity index (χ3v) is 5.42. The Labute approximate surface area is 189 Å². The van der Waals surface area contributed by atoms with E-state index in [4.69, 9.17) is 11.6 Å². The topological polar surface area (TPSA) is 64.7 Å². The van der Waals surface area contributed by atoms with Crippen molar-refractivity contribution in [1.82, 2.24) is 15.1 Å². The molecular weight excluding hydrogens is 445 g/mol. The van der Waals surface area contributed by atoms with Crippen LogP contribution in [0, 0.1) is 0 Å². The molecule has 0 spiro atoms. The van der Waals surface area contributed by atoms with Crippen LogP contribution in [0.3, 0.4) is 0 Å². The van der Waals surface area contributed by atoms with Crippen molar-refractivity contribution in [2.45, 2.75) is 12.7 Å². The first-order valence-corrected chi connectivity index (χ1v) is 10.5. The lowest BCUT2D eigenvalue weighted by atomic mass is 10.2. The SMILES string of the molecule is O=C(CN1CCN(CC(=O)Nc2ccc(Cl)c(C(F)(F)F)c2)CC1)NCc1ccccc1. The molecule has 1 aliphatic rings. The van der Waals surface area contributed by atoms with Crippen LogP contribution in [0.2, 0.25) is 5.02 Å². The van der Waals surface area contributed by atoms with E-state index in [0.717, 1.165) is 17.7 Å². The lowest BCUT2D eigenvalue weighted by Gasteiger charge is -2.33. The van der Waals surface area contributed by atoms with Crippen LogP contribution in [0.4, 0.5) is 18.9 Å². The van der Waals surface area contributed by atoms with Crippen molar-refractivity contribution in [3.05, 3.63) is 64.7 Å². The van der Waals surface area contributed by atoms with Crippen LogP contribution in [0.15, 0.2) is 48.5 Å². The van der Waals surface area contributed by atoms with Gasteiger partial charge in [-0.25, -0.2) is 0 Å². The van der Waals surface area contributed by atoms with E-state index >= 15 is 0 Å². The molecule has 1 heterocycles. The maximum Gasteiger partial charge on any atom is 0.417 e. The van der Waals surface area contributed by atoms with Gasteiger partial charge in [-0.1, -0.05) is 41.9 Å². The van der Waals surface area contributed by atoms with Crippen molar-refractivity contribution in [2.75, 3.05) is 44.6 Å². The number of halogens is 4. The molecule has 32 heavy (non-hydrogen) atoms. The maximum absolute atomic E-state index is 13.0. The molecule has 0 radical (unpaired) electrons. The van der Waals surface area contributed by atoms with E-state index in [1.54, 1.807) is 0 Å². The van der Waals surface area contributed by atoms with Crippen molar-refractivity contribution in [3.63, 3.8) is 0 Å². The van der Waals surface area contributed by atoms with Gasteiger partial charge < -0.3 is 10.6 Å². The Morgan fingerprint density at radius 1 is 0.906 bits per heavy atom. The third-order valence-electron chi connectivity index (χ3n) is 5.09. The summed E-state index contributed by atoms with van der Waals surface area (Å²) < 4.78 is 38.9. The highest BCUT2D eigenvalue weighted by Gasteiger charge is 2.33. The summed E-state index contributed by atoms with van der Waals surface area (Å²) in [6, 6.07) is 12.9. The summed E-state index contributed by atoms with van der Waals surface area (Å²) in [5, 5.41) is 4.96. The zero-order chi connectivity index (χ0) is 23.1. The maximum atomic E-state index is 13.0. The highest BCUT2D eigenvalue weighted by molar-refractivity contribution is 6.31. The molecule has 0 saturated carbocycles. The molecule has 0 bridgehead atoms. The summed E-state index contributed by atoms with van der Waals surface area (Å²) in [6.07, 6.45) is -4.60. The first-order chi connectivity index (χ1) is 15.2. The molecule has 0 aliphatic carbocycles. The zero-order valence-electron chi connectivity index (χ0n) is 17.3. The summed E-state index contributed by atoms with van der Waals surface area (Å²) in [7, 11) is 0. The average Bonchev–Trinajstić information content (AvgIpc) is 2.75. The van der Waals surface area contributed by atoms with Crippen LogP contribution in [-0.2, 0) is 22.3 Å². The number of rotatable bonds is 7. The standard InChI is InChI=1S/C22H24ClF3N4O2/c23-19-7-6-17(12-18(19)22(24,25)26)28-21(32)15-30-10-8-29(9-11-30)14-20(31)27-13-16-4-2-1-3-5-16/h1-7,12H,8-11,13-15H2,(H,27,31)(H,28,32). The van der Waals surface area contributed by atoms with Gasteiger partial charge in [0.2, 0.25) is 11.8 Å². The van der Waals surface area contributed by atoms with Crippen molar-refractivity contribution < 1.29 is 22.8 Å². The lowest BCUT2D eigenvalue weighted by Crippen LogP contribution is -2.50. The number of anilines is 1. The number of carbonyl (C=O) groups is 2. The van der Waals surface area contributed by atoms with E-state index in [2.05, 4.69) is 10.6 Å². The second-order valence-electron chi connectivity index (χ2n) is 7.56. The molecule has 1 fully saturated rings. The summed E-state index contributed by atoms with van der Waals surface area (Å²) >= 11 is 5.60. The van der Waals surface area contributed by atoms with E-state index in [1.807, 2.05) is 40.1 Å². The number of hydrogen-bond acceptors (Lipinski definition) is 4. The van der Waals surface area contributed by atoms with E-state index in [-0.39, 0.29) is 24.7 Å². The summed E-state index contributed by atoms with van der Waals surface area (Å²) in [4.78, 5) is 28.3. The molecule has 10 heteroatoms. The number of nitrogens with zero attached hydrogens (tertiary/aromatic N) is 2. The second-order valence-corrected chi connectivity index (χ2v) is 7.96. The predicted molar refractivity (Wildman–Crippen MR) is 116 cm³/mol. The Morgan fingerprint density at radius 3 is 2.09 bits per heavy atom. The molecule has 6 nitrogen and oxygen atoms in total. The fourth-order valence-electron chi connectivity index (χ4n) is 3.38. The molecule has 0 atom stereocenters. The fourth-order valence-corrected chi connectivity index (χ4v) is 3.61. The molecule has 2 aromatic carbocycles. The lowest BCUT2D eigenvalue weighted by molar-refractivity contribution is -0.137. The number of hydrogen-bond donors (Lipinski definition) is 2. The molecule has 172 valence electrons.